The summed E-state index contributed by atoms with van der Waals surface area (Å²) in [4.78, 5) is 12.7. The molecule has 0 aliphatic heterocycles. The molecule has 1 amide bonds. The fraction of sp³-hybridized carbons (Fsp3) is 0.0500. The molecule has 0 bridgehead atoms. The molecule has 0 spiro atoms. The fourth-order valence-corrected chi connectivity index (χ4v) is 4.99. The van der Waals surface area contributed by atoms with Crippen LogP contribution in [0, 0.1) is 0 Å². The monoisotopic (exact) mass is 445 g/mol. The van der Waals surface area contributed by atoms with Crippen molar-refractivity contribution in [3.05, 3.63) is 81.8 Å². The molecule has 0 fully saturated rings. The van der Waals surface area contributed by atoms with E-state index in [1.165, 1.54) is 23.1 Å². The minimum atomic E-state index is -0.203. The lowest BCUT2D eigenvalue weighted by Gasteiger charge is -2.05. The first-order valence-electron chi connectivity index (χ1n) is 8.29. The van der Waals surface area contributed by atoms with E-state index >= 15 is 0 Å². The van der Waals surface area contributed by atoms with Crippen molar-refractivity contribution in [3.63, 3.8) is 0 Å². The molecular weight excluding hydrogens is 433 g/mol. The zero-order chi connectivity index (χ0) is 19.5. The Bertz CT molecular complexity index is 1160. The third-order valence-electron chi connectivity index (χ3n) is 4.03. The van der Waals surface area contributed by atoms with Crippen LogP contribution in [0.5, 0.6) is 0 Å². The SMILES string of the molecule is O=C(Nc1nnc(SCc2ccc(Cl)cc2Cl)s1)c1cccc2ccccc12. The number of rotatable bonds is 5. The van der Waals surface area contributed by atoms with Crippen LogP contribution in [0.1, 0.15) is 15.9 Å². The highest BCUT2D eigenvalue weighted by atomic mass is 35.5. The number of fused-ring (bicyclic) bond motifs is 1. The topological polar surface area (TPSA) is 54.9 Å². The van der Waals surface area contributed by atoms with Crippen molar-refractivity contribution in [1.82, 2.24) is 10.2 Å². The van der Waals surface area contributed by atoms with Crippen LogP contribution < -0.4 is 5.32 Å². The van der Waals surface area contributed by atoms with E-state index in [9.17, 15) is 4.79 Å². The Morgan fingerprint density at radius 1 is 1.04 bits per heavy atom. The Kier molecular flexibility index (Phi) is 5.82. The molecule has 0 atom stereocenters. The van der Waals surface area contributed by atoms with Gasteiger partial charge in [-0.1, -0.05) is 88.8 Å². The third-order valence-corrected chi connectivity index (χ3v) is 6.64. The number of benzene rings is 3. The predicted molar refractivity (Wildman–Crippen MR) is 118 cm³/mol. The van der Waals surface area contributed by atoms with Crippen LogP contribution in [0.25, 0.3) is 10.8 Å². The summed E-state index contributed by atoms with van der Waals surface area (Å²) in [5, 5.41) is 14.6. The van der Waals surface area contributed by atoms with Crippen molar-refractivity contribution in [2.24, 2.45) is 0 Å². The van der Waals surface area contributed by atoms with Gasteiger partial charge in [-0.15, -0.1) is 10.2 Å². The van der Waals surface area contributed by atoms with E-state index in [-0.39, 0.29) is 5.91 Å². The molecule has 0 saturated heterocycles. The average molecular weight is 446 g/mol. The predicted octanol–water partition coefficient (Wildman–Crippen LogP) is 6.54. The van der Waals surface area contributed by atoms with E-state index in [0.717, 1.165) is 20.7 Å². The van der Waals surface area contributed by atoms with Gasteiger partial charge in [0.25, 0.3) is 5.91 Å². The van der Waals surface area contributed by atoms with Gasteiger partial charge in [-0.2, -0.15) is 0 Å². The molecule has 1 aromatic heterocycles. The molecule has 0 unspecified atom stereocenters. The van der Waals surface area contributed by atoms with Gasteiger partial charge in [0, 0.05) is 21.4 Å². The lowest BCUT2D eigenvalue weighted by Crippen LogP contribution is -2.12. The molecule has 4 nitrogen and oxygen atoms in total. The Morgan fingerprint density at radius 2 is 1.86 bits per heavy atom. The summed E-state index contributed by atoms with van der Waals surface area (Å²) in [6, 6.07) is 18.8. The summed E-state index contributed by atoms with van der Waals surface area (Å²) in [6.07, 6.45) is 0. The smallest absolute Gasteiger partial charge is 0.258 e. The number of thioether (sulfide) groups is 1. The summed E-state index contributed by atoms with van der Waals surface area (Å²) in [5.41, 5.74) is 1.57. The molecule has 4 rings (SSSR count). The summed E-state index contributed by atoms with van der Waals surface area (Å²) in [6.45, 7) is 0. The number of amides is 1. The number of nitrogens with one attached hydrogen (secondary N) is 1. The summed E-state index contributed by atoms with van der Waals surface area (Å²) in [5.74, 6) is 0.437. The van der Waals surface area contributed by atoms with Crippen LogP contribution in [0.15, 0.2) is 65.0 Å². The van der Waals surface area contributed by atoms with Gasteiger partial charge in [0.05, 0.1) is 0 Å². The standard InChI is InChI=1S/C20H13Cl2N3OS2/c21-14-9-8-13(17(22)10-14)11-27-20-25-24-19(28-20)23-18(26)16-7-3-5-12-4-1-2-6-15(12)16/h1-10H,11H2,(H,23,24,26). The maximum atomic E-state index is 12.7. The second-order valence-electron chi connectivity index (χ2n) is 5.88. The van der Waals surface area contributed by atoms with Gasteiger partial charge < -0.3 is 0 Å². The van der Waals surface area contributed by atoms with Gasteiger partial charge in [-0.25, -0.2) is 0 Å². The Labute approximate surface area is 179 Å². The van der Waals surface area contributed by atoms with E-state index < -0.39 is 0 Å². The lowest BCUT2D eigenvalue weighted by atomic mass is 10.0. The quantitative estimate of drug-likeness (QED) is 0.279. The van der Waals surface area contributed by atoms with Crippen LogP contribution in [0.3, 0.4) is 0 Å². The van der Waals surface area contributed by atoms with E-state index in [2.05, 4.69) is 15.5 Å². The highest BCUT2D eigenvalue weighted by Crippen LogP contribution is 2.32. The molecular formula is C20H13Cl2N3OS2. The zero-order valence-electron chi connectivity index (χ0n) is 14.4. The normalized spacial score (nSPS) is 10.9. The van der Waals surface area contributed by atoms with Gasteiger partial charge in [-0.3, -0.25) is 10.1 Å². The maximum absolute atomic E-state index is 12.7. The van der Waals surface area contributed by atoms with Crippen LogP contribution in [-0.2, 0) is 5.75 Å². The minimum absolute atomic E-state index is 0.203. The Balaban J connectivity index is 1.45. The van der Waals surface area contributed by atoms with Crippen molar-refractivity contribution < 1.29 is 4.79 Å². The number of nitrogens with zero attached hydrogens (tertiary/aromatic N) is 2. The van der Waals surface area contributed by atoms with Crippen LogP contribution in [-0.4, -0.2) is 16.1 Å². The number of halogens is 2. The molecule has 28 heavy (non-hydrogen) atoms. The minimum Gasteiger partial charge on any atom is -0.296 e. The van der Waals surface area contributed by atoms with Crippen LogP contribution in [0.2, 0.25) is 10.0 Å². The summed E-state index contributed by atoms with van der Waals surface area (Å²) in [7, 11) is 0. The van der Waals surface area contributed by atoms with E-state index in [4.69, 9.17) is 23.2 Å². The number of aromatic nitrogens is 2. The summed E-state index contributed by atoms with van der Waals surface area (Å²) >= 11 is 15.0. The maximum Gasteiger partial charge on any atom is 0.258 e. The number of hydrogen-bond acceptors (Lipinski definition) is 5. The van der Waals surface area contributed by atoms with Gasteiger partial charge in [0.15, 0.2) is 4.34 Å². The highest BCUT2D eigenvalue weighted by Gasteiger charge is 2.13. The molecule has 0 aliphatic carbocycles. The first-order valence-corrected chi connectivity index (χ1v) is 10.9. The van der Waals surface area contributed by atoms with Gasteiger partial charge in [0.2, 0.25) is 5.13 Å². The second kappa shape index (κ2) is 8.49. The highest BCUT2D eigenvalue weighted by molar-refractivity contribution is 8.00. The van der Waals surface area contributed by atoms with Crippen molar-refractivity contribution in [2.45, 2.75) is 10.1 Å². The van der Waals surface area contributed by atoms with Crippen LogP contribution >= 0.6 is 46.3 Å². The number of hydrogen-bond donors (Lipinski definition) is 1. The number of carbonyl (C=O) groups excluding carboxylic acids is 1. The van der Waals surface area contributed by atoms with Crippen LogP contribution in [0.4, 0.5) is 5.13 Å². The van der Waals surface area contributed by atoms with E-state index in [1.54, 1.807) is 18.2 Å². The van der Waals surface area contributed by atoms with E-state index in [0.29, 0.717) is 26.5 Å². The first kappa shape index (κ1) is 19.2. The average Bonchev–Trinajstić information content (AvgIpc) is 3.14. The van der Waals surface area contributed by atoms with Gasteiger partial charge >= 0.3 is 0 Å². The second-order valence-corrected chi connectivity index (χ2v) is 8.92. The summed E-state index contributed by atoms with van der Waals surface area (Å²) < 4.78 is 0.749. The molecule has 8 heteroatoms. The third kappa shape index (κ3) is 4.31. The molecule has 140 valence electrons. The molecule has 4 aromatic rings. The molecule has 1 heterocycles. The van der Waals surface area contributed by atoms with Gasteiger partial charge in [-0.05, 0) is 34.5 Å². The zero-order valence-corrected chi connectivity index (χ0v) is 17.5. The fourth-order valence-electron chi connectivity index (χ4n) is 2.68. The van der Waals surface area contributed by atoms with E-state index in [1.807, 2.05) is 42.5 Å². The van der Waals surface area contributed by atoms with Gasteiger partial charge in [0.1, 0.15) is 0 Å². The Hall–Kier alpha value is -2.12. The Morgan fingerprint density at radius 3 is 2.71 bits per heavy atom. The lowest BCUT2D eigenvalue weighted by molar-refractivity contribution is 0.102. The van der Waals surface area contributed by atoms with Crippen molar-refractivity contribution >= 4 is 68.1 Å². The first-order chi connectivity index (χ1) is 13.6. The van der Waals surface area contributed by atoms with Crippen molar-refractivity contribution in [1.29, 1.82) is 0 Å². The molecule has 3 aromatic carbocycles. The van der Waals surface area contributed by atoms with Crippen molar-refractivity contribution in [3.8, 4) is 0 Å². The van der Waals surface area contributed by atoms with Crippen molar-refractivity contribution in [2.75, 3.05) is 5.32 Å². The molecule has 0 radical (unpaired) electrons. The number of anilines is 1. The molecule has 0 saturated carbocycles. The molecule has 1 N–H and O–H groups in total. The molecule has 0 aliphatic rings. The largest absolute Gasteiger partial charge is 0.296 e. The number of carbonyl (C=O) groups is 1.